The Bertz CT molecular complexity index is 442. The lowest BCUT2D eigenvalue weighted by atomic mass is 10.1. The molecule has 0 aromatic carbocycles. The van der Waals surface area contributed by atoms with Gasteiger partial charge in [0.15, 0.2) is 11.5 Å². The lowest BCUT2D eigenvalue weighted by Crippen LogP contribution is -2.38. The normalized spacial score (nSPS) is 15.9. The minimum atomic E-state index is -1.00. The van der Waals surface area contributed by atoms with Crippen molar-refractivity contribution in [3.63, 3.8) is 0 Å². The molecule has 0 aliphatic heterocycles. The van der Waals surface area contributed by atoms with Gasteiger partial charge in [0.2, 0.25) is 0 Å². The van der Waals surface area contributed by atoms with Crippen LogP contribution >= 0.6 is 0 Å². The summed E-state index contributed by atoms with van der Waals surface area (Å²) in [6.45, 7) is 5.10. The van der Waals surface area contributed by atoms with E-state index in [0.717, 1.165) is 19.4 Å². The van der Waals surface area contributed by atoms with Gasteiger partial charge in [-0.2, -0.15) is 0 Å². The van der Waals surface area contributed by atoms with E-state index in [2.05, 4.69) is 28.7 Å². The molecule has 0 unspecified atom stereocenters. The highest BCUT2D eigenvalue weighted by atomic mass is 16.4. The Kier molecular flexibility index (Phi) is 4.35. The summed E-state index contributed by atoms with van der Waals surface area (Å²) in [7, 11) is 0. The van der Waals surface area contributed by atoms with Crippen molar-refractivity contribution in [2.45, 2.75) is 45.6 Å². The van der Waals surface area contributed by atoms with Crippen molar-refractivity contribution >= 4 is 11.8 Å². The van der Waals surface area contributed by atoms with Gasteiger partial charge in [0, 0.05) is 25.0 Å². The van der Waals surface area contributed by atoms with E-state index in [1.165, 1.54) is 19.0 Å². The van der Waals surface area contributed by atoms with Crippen LogP contribution in [0.3, 0.4) is 0 Å². The predicted molar refractivity (Wildman–Crippen MR) is 73.4 cm³/mol. The zero-order valence-corrected chi connectivity index (χ0v) is 11.5. The van der Waals surface area contributed by atoms with Crippen molar-refractivity contribution < 1.29 is 9.90 Å². The third-order valence-electron chi connectivity index (χ3n) is 3.48. The van der Waals surface area contributed by atoms with Crippen molar-refractivity contribution in [2.75, 3.05) is 11.4 Å². The second-order valence-corrected chi connectivity index (χ2v) is 5.52. The van der Waals surface area contributed by atoms with Crippen molar-refractivity contribution in [1.82, 2.24) is 9.97 Å². The molecule has 0 bridgehead atoms. The van der Waals surface area contributed by atoms with Crippen LogP contribution in [0, 0.1) is 5.92 Å². The molecular formula is C14H21N3O2. The van der Waals surface area contributed by atoms with E-state index in [1.807, 2.05) is 0 Å². The van der Waals surface area contributed by atoms with Crippen molar-refractivity contribution in [2.24, 2.45) is 5.92 Å². The van der Waals surface area contributed by atoms with E-state index in [4.69, 9.17) is 0 Å². The summed E-state index contributed by atoms with van der Waals surface area (Å²) in [5.74, 6) is -0.0188. The van der Waals surface area contributed by atoms with Gasteiger partial charge in [-0.15, -0.1) is 0 Å². The molecule has 0 saturated heterocycles. The molecule has 1 heterocycles. The number of hydrogen-bond acceptors (Lipinski definition) is 4. The van der Waals surface area contributed by atoms with Gasteiger partial charge >= 0.3 is 5.97 Å². The molecule has 1 saturated carbocycles. The standard InChI is InChI=1S/C14H21N3O2/c1-10(2)9-17(11-5-3-4-6-11)13-12(14(18)19)15-7-8-16-13/h7-8,10-11H,3-6,9H2,1-2H3,(H,18,19). The van der Waals surface area contributed by atoms with Crippen LogP contribution in [-0.2, 0) is 0 Å². The second-order valence-electron chi connectivity index (χ2n) is 5.52. The van der Waals surface area contributed by atoms with Crippen LogP contribution in [0.2, 0.25) is 0 Å². The molecule has 1 aliphatic rings. The fourth-order valence-electron chi connectivity index (χ4n) is 2.71. The number of hydrogen-bond donors (Lipinski definition) is 1. The summed E-state index contributed by atoms with van der Waals surface area (Å²) >= 11 is 0. The molecule has 0 atom stereocenters. The van der Waals surface area contributed by atoms with Gasteiger partial charge in [-0.05, 0) is 18.8 Å². The molecule has 104 valence electrons. The van der Waals surface area contributed by atoms with Crippen molar-refractivity contribution in [1.29, 1.82) is 0 Å². The first-order valence-corrected chi connectivity index (χ1v) is 6.90. The summed E-state index contributed by atoms with van der Waals surface area (Å²) in [6, 6.07) is 0.400. The molecule has 2 rings (SSSR count). The van der Waals surface area contributed by atoms with Crippen molar-refractivity contribution in [3.05, 3.63) is 18.1 Å². The zero-order valence-electron chi connectivity index (χ0n) is 11.5. The first-order chi connectivity index (χ1) is 9.09. The molecule has 5 heteroatoms. The number of aromatic nitrogens is 2. The van der Waals surface area contributed by atoms with E-state index >= 15 is 0 Å². The number of rotatable bonds is 5. The van der Waals surface area contributed by atoms with Gasteiger partial charge in [-0.1, -0.05) is 26.7 Å². The Morgan fingerprint density at radius 1 is 1.37 bits per heavy atom. The molecule has 1 N–H and O–H groups in total. The fourth-order valence-corrected chi connectivity index (χ4v) is 2.71. The van der Waals surface area contributed by atoms with Gasteiger partial charge in [0.1, 0.15) is 0 Å². The lowest BCUT2D eigenvalue weighted by Gasteiger charge is -2.32. The summed E-state index contributed by atoms with van der Waals surface area (Å²) < 4.78 is 0. The minimum Gasteiger partial charge on any atom is -0.476 e. The molecule has 5 nitrogen and oxygen atoms in total. The van der Waals surface area contributed by atoms with Gasteiger partial charge in [0.25, 0.3) is 0 Å². The first-order valence-electron chi connectivity index (χ1n) is 6.90. The number of anilines is 1. The monoisotopic (exact) mass is 263 g/mol. The van der Waals surface area contributed by atoms with E-state index in [9.17, 15) is 9.90 Å². The number of nitrogens with zero attached hydrogens (tertiary/aromatic N) is 3. The molecule has 1 aromatic rings. The highest BCUT2D eigenvalue weighted by Crippen LogP contribution is 2.29. The fraction of sp³-hybridized carbons (Fsp3) is 0.643. The summed E-state index contributed by atoms with van der Waals surface area (Å²) in [6.07, 6.45) is 7.66. The van der Waals surface area contributed by atoms with Crippen LogP contribution < -0.4 is 4.90 Å². The van der Waals surface area contributed by atoms with E-state index in [0.29, 0.717) is 17.8 Å². The molecule has 0 radical (unpaired) electrons. The Balaban J connectivity index is 2.34. The average Bonchev–Trinajstić information content (AvgIpc) is 2.89. The largest absolute Gasteiger partial charge is 0.476 e. The second kappa shape index (κ2) is 5.99. The van der Waals surface area contributed by atoms with E-state index in [-0.39, 0.29) is 5.69 Å². The van der Waals surface area contributed by atoms with Crippen LogP contribution in [0.1, 0.15) is 50.0 Å². The summed E-state index contributed by atoms with van der Waals surface area (Å²) in [4.78, 5) is 21.7. The Morgan fingerprint density at radius 3 is 2.58 bits per heavy atom. The summed E-state index contributed by atoms with van der Waals surface area (Å²) in [5.41, 5.74) is 0.0649. The number of aromatic carboxylic acids is 1. The first kappa shape index (κ1) is 13.8. The van der Waals surface area contributed by atoms with Crippen molar-refractivity contribution in [3.8, 4) is 0 Å². The van der Waals surface area contributed by atoms with Gasteiger partial charge < -0.3 is 10.0 Å². The molecule has 0 spiro atoms. The minimum absolute atomic E-state index is 0.0649. The molecule has 19 heavy (non-hydrogen) atoms. The Hall–Kier alpha value is -1.65. The third-order valence-corrected chi connectivity index (χ3v) is 3.48. The molecule has 1 fully saturated rings. The number of carboxylic acids is 1. The van der Waals surface area contributed by atoms with E-state index in [1.54, 1.807) is 6.20 Å². The van der Waals surface area contributed by atoms with Gasteiger partial charge in [-0.25, -0.2) is 14.8 Å². The highest BCUT2D eigenvalue weighted by Gasteiger charge is 2.28. The maximum Gasteiger partial charge on any atom is 0.358 e. The van der Waals surface area contributed by atoms with Gasteiger partial charge in [-0.3, -0.25) is 0 Å². The Labute approximate surface area is 113 Å². The molecule has 0 amide bonds. The SMILES string of the molecule is CC(C)CN(c1nccnc1C(=O)O)C1CCCC1. The molecule has 1 aliphatic carbocycles. The van der Waals surface area contributed by atoms with Gasteiger partial charge in [0.05, 0.1) is 0 Å². The maximum absolute atomic E-state index is 11.3. The highest BCUT2D eigenvalue weighted by molar-refractivity contribution is 5.91. The number of carbonyl (C=O) groups is 1. The topological polar surface area (TPSA) is 66.3 Å². The smallest absolute Gasteiger partial charge is 0.358 e. The van der Waals surface area contributed by atoms with Crippen LogP contribution in [0.25, 0.3) is 0 Å². The Morgan fingerprint density at radius 2 is 2.00 bits per heavy atom. The quantitative estimate of drug-likeness (QED) is 0.884. The third kappa shape index (κ3) is 3.22. The lowest BCUT2D eigenvalue weighted by molar-refractivity contribution is 0.0690. The van der Waals surface area contributed by atoms with Crippen LogP contribution in [0.4, 0.5) is 5.82 Å². The molecular weight excluding hydrogens is 242 g/mol. The maximum atomic E-state index is 11.3. The van der Waals surface area contributed by atoms with E-state index < -0.39 is 5.97 Å². The predicted octanol–water partition coefficient (Wildman–Crippen LogP) is 2.58. The van der Waals surface area contributed by atoms with Crippen LogP contribution in [0.5, 0.6) is 0 Å². The summed E-state index contributed by atoms with van der Waals surface area (Å²) in [5, 5.41) is 9.26. The van der Waals surface area contributed by atoms with Crippen LogP contribution in [0.15, 0.2) is 12.4 Å². The average molecular weight is 263 g/mol. The van der Waals surface area contributed by atoms with Crippen LogP contribution in [-0.4, -0.2) is 33.6 Å². The molecule has 1 aromatic heterocycles. The zero-order chi connectivity index (χ0) is 13.8. The number of carboxylic acid groups (broad SMARTS) is 1.